The van der Waals surface area contributed by atoms with Crippen molar-refractivity contribution in [2.45, 2.75) is 13.1 Å². The second-order valence-corrected chi connectivity index (χ2v) is 7.20. The van der Waals surface area contributed by atoms with Crippen molar-refractivity contribution in [1.82, 2.24) is 20.5 Å². The molecule has 0 aliphatic carbocycles. The fourth-order valence-electron chi connectivity index (χ4n) is 2.77. The Morgan fingerprint density at radius 2 is 1.96 bits per heavy atom. The first kappa shape index (κ1) is 20.9. The van der Waals surface area contributed by atoms with Gasteiger partial charge in [0.1, 0.15) is 5.82 Å². The number of rotatable bonds is 5. The van der Waals surface area contributed by atoms with Gasteiger partial charge in [0, 0.05) is 50.8 Å². The molecular weight excluding hydrogens is 459 g/mol. The van der Waals surface area contributed by atoms with Gasteiger partial charge >= 0.3 is 0 Å². The van der Waals surface area contributed by atoms with Crippen LogP contribution >= 0.6 is 35.3 Å². The van der Waals surface area contributed by atoms with Gasteiger partial charge in [-0.1, -0.05) is 6.07 Å². The van der Waals surface area contributed by atoms with E-state index in [1.807, 2.05) is 6.20 Å². The maximum atomic E-state index is 4.54. The average Bonchev–Trinajstić information content (AvgIpc) is 3.16. The van der Waals surface area contributed by atoms with Crippen LogP contribution in [0, 0.1) is 0 Å². The third kappa shape index (κ3) is 6.10. The summed E-state index contributed by atoms with van der Waals surface area (Å²) in [5.41, 5.74) is 1.21. The van der Waals surface area contributed by atoms with E-state index in [2.05, 4.69) is 67.1 Å². The number of hydrogen-bond acceptors (Lipinski definition) is 5. The Labute approximate surface area is 176 Å². The van der Waals surface area contributed by atoms with Gasteiger partial charge in [-0.2, -0.15) is 0 Å². The minimum absolute atomic E-state index is 0. The Bertz CT molecular complexity index is 683. The standard InChI is InChI=1S/C18H26N6S.HI/c1-19-18(22-14-16-4-3-11-25-16)21-13-15-5-6-20-17(12-15)24-9-7-23(2)8-10-24;/h3-6,11-12H,7-10,13-14H2,1-2H3,(H2,19,21,22);1H. The highest BCUT2D eigenvalue weighted by Crippen LogP contribution is 2.14. The first-order valence-electron chi connectivity index (χ1n) is 8.60. The van der Waals surface area contributed by atoms with Crippen molar-refractivity contribution in [2.24, 2.45) is 4.99 Å². The maximum absolute atomic E-state index is 4.54. The summed E-state index contributed by atoms with van der Waals surface area (Å²) in [5.74, 6) is 1.88. The van der Waals surface area contributed by atoms with Crippen molar-refractivity contribution in [3.8, 4) is 0 Å². The fourth-order valence-corrected chi connectivity index (χ4v) is 3.41. The van der Waals surface area contributed by atoms with Crippen molar-refractivity contribution in [3.63, 3.8) is 0 Å². The van der Waals surface area contributed by atoms with Gasteiger partial charge in [-0.05, 0) is 36.2 Å². The number of nitrogens with one attached hydrogen (secondary N) is 2. The number of halogens is 1. The van der Waals surface area contributed by atoms with Crippen LogP contribution < -0.4 is 15.5 Å². The number of thiophene rings is 1. The van der Waals surface area contributed by atoms with Crippen LogP contribution in [0.3, 0.4) is 0 Å². The molecule has 0 spiro atoms. The molecule has 6 nitrogen and oxygen atoms in total. The summed E-state index contributed by atoms with van der Waals surface area (Å²) in [6, 6.07) is 8.41. The number of hydrogen-bond donors (Lipinski definition) is 2. The molecule has 1 aliphatic heterocycles. The number of aromatic nitrogens is 1. The maximum Gasteiger partial charge on any atom is 0.191 e. The fraction of sp³-hybridized carbons (Fsp3) is 0.444. The smallest absolute Gasteiger partial charge is 0.191 e. The highest BCUT2D eigenvalue weighted by molar-refractivity contribution is 14.0. The van der Waals surface area contributed by atoms with E-state index in [0.29, 0.717) is 0 Å². The molecule has 0 aromatic carbocycles. The Morgan fingerprint density at radius 3 is 2.65 bits per heavy atom. The van der Waals surface area contributed by atoms with Crippen molar-refractivity contribution >= 4 is 47.1 Å². The molecule has 2 aromatic heterocycles. The van der Waals surface area contributed by atoms with Gasteiger partial charge in [0.25, 0.3) is 0 Å². The molecule has 0 amide bonds. The predicted molar refractivity (Wildman–Crippen MR) is 121 cm³/mol. The molecule has 1 saturated heterocycles. The third-order valence-electron chi connectivity index (χ3n) is 4.33. The lowest BCUT2D eigenvalue weighted by Gasteiger charge is -2.33. The molecule has 1 fully saturated rings. The van der Waals surface area contributed by atoms with E-state index in [1.165, 1.54) is 10.4 Å². The van der Waals surface area contributed by atoms with Crippen LogP contribution in [-0.4, -0.2) is 56.1 Å². The molecule has 2 N–H and O–H groups in total. The average molecular weight is 486 g/mol. The van der Waals surface area contributed by atoms with E-state index >= 15 is 0 Å². The van der Waals surface area contributed by atoms with Crippen molar-refractivity contribution in [2.75, 3.05) is 45.2 Å². The molecule has 0 atom stereocenters. The minimum Gasteiger partial charge on any atom is -0.354 e. The number of piperazine rings is 1. The van der Waals surface area contributed by atoms with Crippen LogP contribution in [0.15, 0.2) is 40.8 Å². The second kappa shape index (κ2) is 10.7. The van der Waals surface area contributed by atoms with E-state index in [9.17, 15) is 0 Å². The molecule has 0 radical (unpaired) electrons. The SMILES string of the molecule is CN=C(NCc1ccnc(N2CCN(C)CC2)c1)NCc1cccs1.I. The van der Waals surface area contributed by atoms with Crippen LogP contribution in [0.25, 0.3) is 0 Å². The zero-order valence-corrected chi connectivity index (χ0v) is 18.5. The minimum atomic E-state index is 0. The van der Waals surface area contributed by atoms with Crippen LogP contribution in [0.2, 0.25) is 0 Å². The summed E-state index contributed by atoms with van der Waals surface area (Å²) in [5, 5.41) is 8.80. The number of guanidine groups is 1. The van der Waals surface area contributed by atoms with Gasteiger partial charge in [-0.25, -0.2) is 4.98 Å². The molecule has 142 valence electrons. The van der Waals surface area contributed by atoms with E-state index in [4.69, 9.17) is 0 Å². The van der Waals surface area contributed by atoms with Crippen LogP contribution in [-0.2, 0) is 13.1 Å². The van der Waals surface area contributed by atoms with Gasteiger partial charge < -0.3 is 20.4 Å². The first-order chi connectivity index (χ1) is 12.2. The molecule has 0 saturated carbocycles. The summed E-state index contributed by atoms with van der Waals surface area (Å²) < 4.78 is 0. The number of aliphatic imine (C=N–C) groups is 1. The molecule has 3 heterocycles. The van der Waals surface area contributed by atoms with E-state index in [0.717, 1.165) is 51.0 Å². The summed E-state index contributed by atoms with van der Waals surface area (Å²) >= 11 is 1.75. The number of anilines is 1. The summed E-state index contributed by atoms with van der Waals surface area (Å²) in [6.07, 6.45) is 1.90. The zero-order chi connectivity index (χ0) is 17.5. The summed E-state index contributed by atoms with van der Waals surface area (Å²) in [4.78, 5) is 14.8. The van der Waals surface area contributed by atoms with Crippen LogP contribution in [0.5, 0.6) is 0 Å². The highest BCUT2D eigenvalue weighted by Gasteiger charge is 2.15. The molecule has 2 aromatic rings. The van der Waals surface area contributed by atoms with Gasteiger partial charge in [0.15, 0.2) is 5.96 Å². The first-order valence-corrected chi connectivity index (χ1v) is 9.48. The largest absolute Gasteiger partial charge is 0.354 e. The van der Waals surface area contributed by atoms with E-state index in [1.54, 1.807) is 18.4 Å². The highest BCUT2D eigenvalue weighted by atomic mass is 127. The van der Waals surface area contributed by atoms with Gasteiger partial charge in [-0.15, -0.1) is 35.3 Å². The predicted octanol–water partition coefficient (Wildman–Crippen LogP) is 2.38. The van der Waals surface area contributed by atoms with Gasteiger partial charge in [0.2, 0.25) is 0 Å². The lowest BCUT2D eigenvalue weighted by atomic mass is 10.2. The van der Waals surface area contributed by atoms with E-state index < -0.39 is 0 Å². The Kier molecular flexibility index (Phi) is 8.60. The Hall–Kier alpha value is -1.39. The molecule has 0 bridgehead atoms. The Morgan fingerprint density at radius 1 is 1.19 bits per heavy atom. The van der Waals surface area contributed by atoms with Crippen molar-refractivity contribution in [3.05, 3.63) is 46.3 Å². The Balaban J connectivity index is 0.00000243. The quantitative estimate of drug-likeness (QED) is 0.386. The number of pyridine rings is 1. The van der Waals surface area contributed by atoms with Crippen LogP contribution in [0.1, 0.15) is 10.4 Å². The lowest BCUT2D eigenvalue weighted by Crippen LogP contribution is -2.44. The number of likely N-dealkylation sites (N-methyl/N-ethyl adjacent to an activating group) is 1. The number of nitrogens with zero attached hydrogens (tertiary/aromatic N) is 4. The molecule has 8 heteroatoms. The normalized spacial score (nSPS) is 15.5. The molecule has 3 rings (SSSR count). The summed E-state index contributed by atoms with van der Waals surface area (Å²) in [7, 11) is 3.96. The monoisotopic (exact) mass is 486 g/mol. The van der Waals surface area contributed by atoms with Crippen molar-refractivity contribution in [1.29, 1.82) is 0 Å². The van der Waals surface area contributed by atoms with Gasteiger partial charge in [0.05, 0.1) is 6.54 Å². The second-order valence-electron chi connectivity index (χ2n) is 6.17. The molecule has 1 aliphatic rings. The third-order valence-corrected chi connectivity index (χ3v) is 5.21. The summed E-state index contributed by atoms with van der Waals surface area (Å²) in [6.45, 7) is 5.76. The van der Waals surface area contributed by atoms with Crippen LogP contribution in [0.4, 0.5) is 5.82 Å². The van der Waals surface area contributed by atoms with E-state index in [-0.39, 0.29) is 24.0 Å². The molecule has 0 unspecified atom stereocenters. The molecular formula is C18H27IN6S. The topological polar surface area (TPSA) is 55.8 Å². The lowest BCUT2D eigenvalue weighted by molar-refractivity contribution is 0.312. The van der Waals surface area contributed by atoms with Gasteiger partial charge in [-0.3, -0.25) is 4.99 Å². The van der Waals surface area contributed by atoms with Crippen molar-refractivity contribution < 1.29 is 0 Å². The molecule has 26 heavy (non-hydrogen) atoms. The zero-order valence-electron chi connectivity index (χ0n) is 15.3.